The zero-order chi connectivity index (χ0) is 8.43. The van der Waals surface area contributed by atoms with Gasteiger partial charge in [-0.15, -0.1) is 0 Å². The average Bonchev–Trinajstić information content (AvgIpc) is 1.85. The molecule has 1 rings (SSSR count). The van der Waals surface area contributed by atoms with Crippen LogP contribution < -0.4 is 5.23 Å². The van der Waals surface area contributed by atoms with E-state index in [1.165, 1.54) is 12.1 Å². The fourth-order valence-electron chi connectivity index (χ4n) is 0.834. The second-order valence-electron chi connectivity index (χ2n) is 2.20. The highest BCUT2D eigenvalue weighted by atomic mass is 19.1. The van der Waals surface area contributed by atoms with E-state index in [9.17, 15) is 9.60 Å². The first-order valence-corrected chi connectivity index (χ1v) is 3.03. The first-order valence-electron chi connectivity index (χ1n) is 3.03. The fourth-order valence-corrected chi connectivity index (χ4v) is 0.834. The maximum Gasteiger partial charge on any atom is 0.123 e. The fraction of sp³-hybridized carbons (Fsp3) is 0.143. The van der Waals surface area contributed by atoms with Gasteiger partial charge in [0.05, 0.1) is 5.69 Å². The van der Waals surface area contributed by atoms with E-state index in [1.807, 2.05) is 0 Å². The molecule has 0 amide bonds. The summed E-state index contributed by atoms with van der Waals surface area (Å²) < 4.78 is 12.4. The van der Waals surface area contributed by atoms with Crippen LogP contribution in [0.1, 0.15) is 5.56 Å². The van der Waals surface area contributed by atoms with Crippen LogP contribution in [-0.4, -0.2) is 5.21 Å². The lowest BCUT2D eigenvalue weighted by atomic mass is 10.2. The van der Waals surface area contributed by atoms with E-state index in [2.05, 4.69) is 0 Å². The Morgan fingerprint density at radius 2 is 2.18 bits per heavy atom. The lowest BCUT2D eigenvalue weighted by Crippen LogP contribution is -2.08. The second-order valence-corrected chi connectivity index (χ2v) is 2.20. The summed E-state index contributed by atoms with van der Waals surface area (Å²) in [6, 6.07) is 3.51. The van der Waals surface area contributed by atoms with E-state index < -0.39 is 5.82 Å². The quantitative estimate of drug-likeness (QED) is 0.631. The van der Waals surface area contributed by atoms with Gasteiger partial charge in [-0.3, -0.25) is 5.21 Å². The van der Waals surface area contributed by atoms with Gasteiger partial charge in [0.1, 0.15) is 5.82 Å². The molecule has 0 radical (unpaired) electrons. The minimum atomic E-state index is -0.423. The van der Waals surface area contributed by atoms with E-state index in [1.54, 1.807) is 6.92 Å². The molecule has 0 saturated heterocycles. The van der Waals surface area contributed by atoms with Crippen LogP contribution in [0.25, 0.3) is 0 Å². The zero-order valence-electron chi connectivity index (χ0n) is 5.91. The molecule has 0 unspecified atom stereocenters. The molecule has 4 heteroatoms. The van der Waals surface area contributed by atoms with Crippen LogP contribution in [0.5, 0.6) is 0 Å². The predicted octanol–water partition coefficient (Wildman–Crippen LogP) is 1.83. The van der Waals surface area contributed by atoms with E-state index in [0.717, 1.165) is 6.07 Å². The van der Waals surface area contributed by atoms with Gasteiger partial charge in [-0.25, -0.2) is 4.39 Å². The molecule has 0 aliphatic heterocycles. The van der Waals surface area contributed by atoms with Crippen LogP contribution in [0.4, 0.5) is 10.1 Å². The number of aryl methyl sites for hydroxylation is 1. The van der Waals surface area contributed by atoms with Crippen molar-refractivity contribution in [2.75, 3.05) is 5.23 Å². The molecule has 0 heterocycles. The highest BCUT2D eigenvalue weighted by Gasteiger charge is 1.98. The van der Waals surface area contributed by atoms with Gasteiger partial charge < -0.3 is 10.4 Å². The normalized spacial score (nSPS) is 9.82. The number of nitrogens with zero attached hydrogens (tertiary/aromatic N) is 1. The Morgan fingerprint density at radius 3 is 2.64 bits per heavy atom. The number of hydrogen-bond donors (Lipinski definition) is 1. The van der Waals surface area contributed by atoms with Crippen molar-refractivity contribution in [2.24, 2.45) is 0 Å². The molecule has 1 aromatic carbocycles. The number of halogens is 1. The van der Waals surface area contributed by atoms with Crippen molar-refractivity contribution >= 4 is 5.69 Å². The predicted molar refractivity (Wildman–Crippen MR) is 38.8 cm³/mol. The van der Waals surface area contributed by atoms with Gasteiger partial charge in [-0.2, -0.15) is 0 Å². The molecule has 3 nitrogen and oxygen atoms in total. The summed E-state index contributed by atoms with van der Waals surface area (Å²) in [7, 11) is 0. The average molecular weight is 156 g/mol. The zero-order valence-corrected chi connectivity index (χ0v) is 5.91. The Bertz CT molecular complexity index is 263. The molecule has 0 bridgehead atoms. The minimum Gasteiger partial charge on any atom is -0.733 e. The monoisotopic (exact) mass is 156 g/mol. The SMILES string of the molecule is Cc1cc(F)ccc1N([O-])O. The Balaban J connectivity index is 3.09. The molecule has 0 fully saturated rings. The van der Waals surface area contributed by atoms with Gasteiger partial charge in [-0.05, 0) is 30.7 Å². The third-order valence-corrected chi connectivity index (χ3v) is 1.36. The minimum absolute atomic E-state index is 0.0615. The van der Waals surface area contributed by atoms with Crippen LogP contribution in [0.3, 0.4) is 0 Å². The summed E-state index contributed by atoms with van der Waals surface area (Å²) in [5.74, 6) is -0.423. The highest BCUT2D eigenvalue weighted by Crippen LogP contribution is 2.17. The van der Waals surface area contributed by atoms with Crippen LogP contribution >= 0.6 is 0 Å². The van der Waals surface area contributed by atoms with Gasteiger partial charge in [0, 0.05) is 0 Å². The van der Waals surface area contributed by atoms with Gasteiger partial charge in [-0.1, -0.05) is 0 Å². The Labute approximate surface area is 63.2 Å². The van der Waals surface area contributed by atoms with E-state index in [0.29, 0.717) is 5.56 Å². The van der Waals surface area contributed by atoms with E-state index in [-0.39, 0.29) is 10.9 Å². The van der Waals surface area contributed by atoms with E-state index in [4.69, 9.17) is 5.21 Å². The highest BCUT2D eigenvalue weighted by molar-refractivity contribution is 5.51. The van der Waals surface area contributed by atoms with Crippen molar-refractivity contribution in [2.45, 2.75) is 6.92 Å². The number of benzene rings is 1. The molecule has 0 aliphatic carbocycles. The number of hydrogen-bond acceptors (Lipinski definition) is 3. The van der Waals surface area contributed by atoms with Gasteiger partial charge in [0.2, 0.25) is 0 Å². The van der Waals surface area contributed by atoms with Crippen molar-refractivity contribution < 1.29 is 9.60 Å². The molecule has 0 saturated carbocycles. The Hall–Kier alpha value is -1.13. The summed E-state index contributed by atoms with van der Waals surface area (Å²) in [6.07, 6.45) is 0. The van der Waals surface area contributed by atoms with Crippen molar-refractivity contribution in [3.05, 3.63) is 34.8 Å². The van der Waals surface area contributed by atoms with Crippen molar-refractivity contribution in [1.82, 2.24) is 0 Å². The maximum absolute atomic E-state index is 12.4. The van der Waals surface area contributed by atoms with Crippen LogP contribution in [0.2, 0.25) is 0 Å². The van der Waals surface area contributed by atoms with Gasteiger partial charge in [0.25, 0.3) is 0 Å². The first kappa shape index (κ1) is 7.97. The Kier molecular flexibility index (Phi) is 2.07. The third kappa shape index (κ3) is 1.66. The van der Waals surface area contributed by atoms with Crippen LogP contribution in [0, 0.1) is 17.9 Å². The molecule has 1 N–H and O–H groups in total. The molecule has 0 atom stereocenters. The molecule has 11 heavy (non-hydrogen) atoms. The largest absolute Gasteiger partial charge is 0.733 e. The maximum atomic E-state index is 12.4. The van der Waals surface area contributed by atoms with Crippen molar-refractivity contribution in [3.8, 4) is 0 Å². The third-order valence-electron chi connectivity index (χ3n) is 1.36. The molecule has 60 valence electrons. The summed E-state index contributed by atoms with van der Waals surface area (Å²) in [5.41, 5.74) is 0.467. The topological polar surface area (TPSA) is 46.5 Å². The number of anilines is 1. The smallest absolute Gasteiger partial charge is 0.123 e. The second kappa shape index (κ2) is 2.86. The van der Waals surface area contributed by atoms with Gasteiger partial charge >= 0.3 is 0 Å². The summed E-state index contributed by atoms with van der Waals surface area (Å²) in [4.78, 5) is 0. The Morgan fingerprint density at radius 1 is 1.55 bits per heavy atom. The van der Waals surface area contributed by atoms with E-state index >= 15 is 0 Å². The summed E-state index contributed by atoms with van der Waals surface area (Å²) in [5, 5.41) is 18.5. The van der Waals surface area contributed by atoms with Gasteiger partial charge in [0.15, 0.2) is 0 Å². The lowest BCUT2D eigenvalue weighted by Gasteiger charge is -2.23. The molecule has 0 spiro atoms. The standard InChI is InChI=1S/C7H7FNO2/c1-5-4-6(8)2-3-7(5)9(10)11/h2-4,10H,1H3/q-1. The molecule has 0 aromatic heterocycles. The molecule has 0 aliphatic rings. The lowest BCUT2D eigenvalue weighted by molar-refractivity contribution is 0.296. The van der Waals surface area contributed by atoms with Crippen molar-refractivity contribution in [3.63, 3.8) is 0 Å². The summed E-state index contributed by atoms with van der Waals surface area (Å²) in [6.45, 7) is 1.54. The molecule has 1 aromatic rings. The van der Waals surface area contributed by atoms with Crippen LogP contribution in [0.15, 0.2) is 18.2 Å². The van der Waals surface area contributed by atoms with Crippen LogP contribution in [-0.2, 0) is 0 Å². The van der Waals surface area contributed by atoms with Crippen molar-refractivity contribution in [1.29, 1.82) is 0 Å². The summed E-state index contributed by atoms with van der Waals surface area (Å²) >= 11 is 0. The first-order chi connectivity index (χ1) is 5.11. The molecular formula is C7H7FNO2-. The number of rotatable bonds is 1. The molecular weight excluding hydrogens is 149 g/mol.